The van der Waals surface area contributed by atoms with Crippen molar-refractivity contribution in [2.45, 2.75) is 0 Å². The lowest BCUT2D eigenvalue weighted by atomic mass is 11.3. The van der Waals surface area contributed by atoms with Crippen LogP contribution < -0.4 is 0 Å². The molecule has 0 atom stereocenters. The zero-order valence-electron chi connectivity index (χ0n) is 3.40. The monoisotopic (exact) mass is 88.0 g/mol. The minimum atomic E-state index is -0.304. The maximum atomic E-state index is 4.71. The first-order valence-electron chi connectivity index (χ1n) is 1.51. The zero-order chi connectivity index (χ0) is 4.12. The second-order valence-corrected chi connectivity index (χ2v) is 2.23. The van der Waals surface area contributed by atoms with Crippen LogP contribution in [0.2, 0.25) is 0 Å². The van der Waals surface area contributed by atoms with Crippen molar-refractivity contribution in [1.29, 1.82) is 0 Å². The first-order valence-corrected chi connectivity index (χ1v) is 2.91. The highest BCUT2D eigenvalue weighted by molar-refractivity contribution is 6.33. The molecule has 30 valence electrons. The SMILES string of the molecule is C=C[SiH2]OC. The molecule has 0 aromatic carbocycles. The zero-order valence-corrected chi connectivity index (χ0v) is 4.81. The lowest BCUT2D eigenvalue weighted by molar-refractivity contribution is 0.449. The van der Waals surface area contributed by atoms with Gasteiger partial charge in [0.05, 0.1) is 0 Å². The van der Waals surface area contributed by atoms with Gasteiger partial charge in [-0.1, -0.05) is 5.70 Å². The molecule has 0 bridgehead atoms. The Bertz CT molecular complexity index is 28.1. The van der Waals surface area contributed by atoms with Gasteiger partial charge in [0.2, 0.25) is 0 Å². The van der Waals surface area contributed by atoms with Crippen LogP contribution in [0.1, 0.15) is 0 Å². The van der Waals surface area contributed by atoms with Gasteiger partial charge >= 0.3 is 0 Å². The van der Waals surface area contributed by atoms with E-state index in [1.165, 1.54) is 0 Å². The molecule has 0 rings (SSSR count). The minimum absolute atomic E-state index is 0.304. The maximum absolute atomic E-state index is 4.71. The fraction of sp³-hybridized carbons (Fsp3) is 0.333. The van der Waals surface area contributed by atoms with E-state index in [0.717, 1.165) is 0 Å². The lowest BCUT2D eigenvalue weighted by Crippen LogP contribution is -1.83. The second-order valence-electron chi connectivity index (χ2n) is 0.744. The van der Waals surface area contributed by atoms with Crippen LogP contribution in [0.25, 0.3) is 0 Å². The third kappa shape index (κ3) is 3.92. The predicted octanol–water partition coefficient (Wildman–Crippen LogP) is -0.140. The van der Waals surface area contributed by atoms with Gasteiger partial charge in [-0.2, -0.15) is 0 Å². The van der Waals surface area contributed by atoms with Gasteiger partial charge in [0.15, 0.2) is 9.76 Å². The lowest BCUT2D eigenvalue weighted by Gasteiger charge is -1.78. The summed E-state index contributed by atoms with van der Waals surface area (Å²) < 4.78 is 4.71. The van der Waals surface area contributed by atoms with E-state index in [9.17, 15) is 0 Å². The van der Waals surface area contributed by atoms with Crippen molar-refractivity contribution in [3.63, 3.8) is 0 Å². The molecule has 0 aliphatic carbocycles. The maximum Gasteiger partial charge on any atom is 0.184 e. The smallest absolute Gasteiger partial charge is 0.184 e. The molecule has 0 aromatic rings. The molecule has 0 radical (unpaired) electrons. The van der Waals surface area contributed by atoms with Crippen LogP contribution in [-0.2, 0) is 4.43 Å². The number of rotatable bonds is 2. The quantitative estimate of drug-likeness (QED) is 0.427. The third-order valence-electron chi connectivity index (χ3n) is 0.285. The summed E-state index contributed by atoms with van der Waals surface area (Å²) in [6.07, 6.45) is 0. The molecule has 0 fully saturated rings. The molecule has 0 spiro atoms. The highest BCUT2D eigenvalue weighted by Gasteiger charge is 1.61. The molecule has 5 heavy (non-hydrogen) atoms. The highest BCUT2D eigenvalue weighted by Crippen LogP contribution is 1.55. The third-order valence-corrected chi connectivity index (χ3v) is 0.854. The topological polar surface area (TPSA) is 9.23 Å². The molecule has 0 saturated carbocycles. The van der Waals surface area contributed by atoms with E-state index >= 15 is 0 Å². The highest BCUT2D eigenvalue weighted by atomic mass is 28.2. The van der Waals surface area contributed by atoms with E-state index < -0.39 is 0 Å². The largest absolute Gasteiger partial charge is 0.422 e. The molecule has 2 heteroatoms. The summed E-state index contributed by atoms with van der Waals surface area (Å²) in [5.41, 5.74) is 1.85. The average Bonchev–Trinajstić information content (AvgIpc) is 1.41. The van der Waals surface area contributed by atoms with Gasteiger partial charge in [-0.25, -0.2) is 0 Å². The predicted molar refractivity (Wildman–Crippen MR) is 25.7 cm³/mol. The van der Waals surface area contributed by atoms with Gasteiger partial charge in [0.1, 0.15) is 0 Å². The van der Waals surface area contributed by atoms with Crippen LogP contribution in [0, 0.1) is 0 Å². The molecular formula is C3H8OSi. The normalized spacial score (nSPS) is 9.80. The Morgan fingerprint density at radius 3 is 2.60 bits per heavy atom. The molecule has 0 aliphatic rings. The first kappa shape index (κ1) is 4.92. The van der Waals surface area contributed by atoms with Crippen molar-refractivity contribution in [3.05, 3.63) is 12.3 Å². The Labute approximate surface area is 34.6 Å². The van der Waals surface area contributed by atoms with Crippen LogP contribution in [0.15, 0.2) is 12.3 Å². The van der Waals surface area contributed by atoms with E-state index in [1.54, 1.807) is 7.11 Å². The van der Waals surface area contributed by atoms with Crippen LogP contribution in [0.3, 0.4) is 0 Å². The molecular weight excluding hydrogens is 80.1 g/mol. The minimum Gasteiger partial charge on any atom is -0.422 e. The van der Waals surface area contributed by atoms with Crippen LogP contribution in [0.5, 0.6) is 0 Å². The Kier molecular flexibility index (Phi) is 3.85. The fourth-order valence-corrected chi connectivity index (χ4v) is 0.354. The molecule has 1 nitrogen and oxygen atoms in total. The molecule has 0 N–H and O–H groups in total. The molecule has 0 aromatic heterocycles. The Hall–Kier alpha value is -0.0831. The molecule has 0 unspecified atom stereocenters. The van der Waals surface area contributed by atoms with E-state index in [4.69, 9.17) is 4.43 Å². The van der Waals surface area contributed by atoms with Gasteiger partial charge in [-0.05, 0) is 0 Å². The van der Waals surface area contributed by atoms with Gasteiger partial charge in [0, 0.05) is 7.11 Å². The molecule has 0 aliphatic heterocycles. The Morgan fingerprint density at radius 1 is 2.00 bits per heavy atom. The van der Waals surface area contributed by atoms with Crippen molar-refractivity contribution < 1.29 is 4.43 Å². The molecule has 0 saturated heterocycles. The standard InChI is InChI=1S/C3H8OSi/c1-3-5-4-2/h3H,1,5H2,2H3. The van der Waals surface area contributed by atoms with E-state index in [0.29, 0.717) is 0 Å². The van der Waals surface area contributed by atoms with Crippen LogP contribution in [-0.4, -0.2) is 16.9 Å². The van der Waals surface area contributed by atoms with E-state index in [-0.39, 0.29) is 9.76 Å². The van der Waals surface area contributed by atoms with Gasteiger partial charge in [-0.15, -0.1) is 6.58 Å². The summed E-state index contributed by atoms with van der Waals surface area (Å²) in [6.45, 7) is 3.49. The average molecular weight is 88.2 g/mol. The van der Waals surface area contributed by atoms with Gasteiger partial charge < -0.3 is 4.43 Å². The number of hydrogen-bond acceptors (Lipinski definition) is 1. The molecule has 0 amide bonds. The summed E-state index contributed by atoms with van der Waals surface area (Å²) in [7, 11) is 1.40. The fourth-order valence-electron chi connectivity index (χ4n) is 0.118. The summed E-state index contributed by atoms with van der Waals surface area (Å²) >= 11 is 0. The van der Waals surface area contributed by atoms with Crippen molar-refractivity contribution in [3.8, 4) is 0 Å². The number of hydrogen-bond donors (Lipinski definition) is 0. The van der Waals surface area contributed by atoms with E-state index in [1.807, 2.05) is 5.70 Å². The van der Waals surface area contributed by atoms with E-state index in [2.05, 4.69) is 6.58 Å². The van der Waals surface area contributed by atoms with Gasteiger partial charge in [-0.3, -0.25) is 0 Å². The van der Waals surface area contributed by atoms with Gasteiger partial charge in [0.25, 0.3) is 0 Å². The van der Waals surface area contributed by atoms with Crippen molar-refractivity contribution in [2.24, 2.45) is 0 Å². The van der Waals surface area contributed by atoms with Crippen molar-refractivity contribution >= 4 is 9.76 Å². The summed E-state index contributed by atoms with van der Waals surface area (Å²) in [5, 5.41) is 0. The summed E-state index contributed by atoms with van der Waals surface area (Å²) in [4.78, 5) is 0. The Balaban J connectivity index is 2.40. The van der Waals surface area contributed by atoms with Crippen LogP contribution >= 0.6 is 0 Å². The second kappa shape index (κ2) is 3.92. The Morgan fingerprint density at radius 2 is 2.60 bits per heavy atom. The van der Waals surface area contributed by atoms with Crippen LogP contribution in [0.4, 0.5) is 0 Å². The summed E-state index contributed by atoms with van der Waals surface area (Å²) in [5.74, 6) is 0. The summed E-state index contributed by atoms with van der Waals surface area (Å²) in [6, 6.07) is 0. The van der Waals surface area contributed by atoms with Crippen molar-refractivity contribution in [2.75, 3.05) is 7.11 Å². The first-order chi connectivity index (χ1) is 2.41. The van der Waals surface area contributed by atoms with Crippen molar-refractivity contribution in [1.82, 2.24) is 0 Å². The molecule has 0 heterocycles.